The van der Waals surface area contributed by atoms with Crippen LogP contribution in [0, 0.1) is 5.92 Å². The minimum absolute atomic E-state index is 0.156. The lowest BCUT2D eigenvalue weighted by Gasteiger charge is -2.16. The smallest absolute Gasteiger partial charge is 0.315 e. The summed E-state index contributed by atoms with van der Waals surface area (Å²) in [5, 5.41) is 14.3. The van der Waals surface area contributed by atoms with Gasteiger partial charge in [-0.15, -0.1) is 0 Å². The zero-order valence-electron chi connectivity index (χ0n) is 11.5. The van der Waals surface area contributed by atoms with Crippen molar-refractivity contribution in [2.75, 3.05) is 40.4 Å². The molecule has 0 radical (unpaired) electrons. The Morgan fingerprint density at radius 2 is 2.05 bits per heavy atom. The Morgan fingerprint density at radius 1 is 1.32 bits per heavy atom. The van der Waals surface area contributed by atoms with Crippen molar-refractivity contribution in [2.45, 2.75) is 18.9 Å². The van der Waals surface area contributed by atoms with Gasteiger partial charge in [-0.1, -0.05) is 0 Å². The van der Waals surface area contributed by atoms with E-state index in [4.69, 9.17) is 9.84 Å². The Bertz CT molecular complexity index is 309. The van der Waals surface area contributed by atoms with Gasteiger partial charge in [-0.05, 0) is 33.5 Å². The monoisotopic (exact) mass is 273 g/mol. The molecule has 110 valence electrons. The van der Waals surface area contributed by atoms with Crippen LogP contribution in [0.1, 0.15) is 12.8 Å². The van der Waals surface area contributed by atoms with Crippen molar-refractivity contribution in [3.63, 3.8) is 0 Å². The molecule has 7 nitrogen and oxygen atoms in total. The maximum absolute atomic E-state index is 11.6. The predicted molar refractivity (Wildman–Crippen MR) is 70.1 cm³/mol. The maximum Gasteiger partial charge on any atom is 0.315 e. The van der Waals surface area contributed by atoms with Gasteiger partial charge in [0.25, 0.3) is 0 Å². The fourth-order valence-corrected chi connectivity index (χ4v) is 1.91. The molecule has 1 aliphatic heterocycles. The highest BCUT2D eigenvalue weighted by Crippen LogP contribution is 2.13. The lowest BCUT2D eigenvalue weighted by Crippen LogP contribution is -2.47. The number of nitrogens with zero attached hydrogens (tertiary/aromatic N) is 1. The van der Waals surface area contributed by atoms with Crippen LogP contribution in [0.15, 0.2) is 0 Å². The second-order valence-electron chi connectivity index (χ2n) is 5.00. The van der Waals surface area contributed by atoms with Crippen molar-refractivity contribution in [2.24, 2.45) is 5.92 Å². The summed E-state index contributed by atoms with van der Waals surface area (Å²) in [6.07, 6.45) is 1.91. The summed E-state index contributed by atoms with van der Waals surface area (Å²) in [6, 6.07) is -0.772. The van der Waals surface area contributed by atoms with Gasteiger partial charge in [0.05, 0.1) is 19.3 Å². The third-order valence-corrected chi connectivity index (χ3v) is 3.03. The first-order valence-corrected chi connectivity index (χ1v) is 6.50. The van der Waals surface area contributed by atoms with Crippen LogP contribution in [0.4, 0.5) is 4.79 Å². The van der Waals surface area contributed by atoms with Crippen molar-refractivity contribution in [1.82, 2.24) is 15.5 Å². The van der Waals surface area contributed by atoms with Crippen LogP contribution < -0.4 is 10.6 Å². The Balaban J connectivity index is 2.15. The standard InChI is InChI=1S/C12H23N3O4/c1-15(2)6-4-3-5-13-12(18)14-10-8-19-7-9(10)11(16)17/h9-10H,3-8H2,1-2H3,(H,16,17)(H2,13,14,18). The van der Waals surface area contributed by atoms with Crippen molar-refractivity contribution in [3.8, 4) is 0 Å². The van der Waals surface area contributed by atoms with E-state index < -0.39 is 17.9 Å². The van der Waals surface area contributed by atoms with E-state index in [0.717, 1.165) is 19.4 Å². The number of nitrogens with one attached hydrogen (secondary N) is 2. The molecule has 19 heavy (non-hydrogen) atoms. The molecule has 1 heterocycles. The summed E-state index contributed by atoms with van der Waals surface area (Å²) in [6.45, 7) is 1.99. The van der Waals surface area contributed by atoms with Crippen molar-refractivity contribution in [3.05, 3.63) is 0 Å². The molecular weight excluding hydrogens is 250 g/mol. The summed E-state index contributed by atoms with van der Waals surface area (Å²) < 4.78 is 5.07. The molecule has 2 unspecified atom stereocenters. The van der Waals surface area contributed by atoms with E-state index in [-0.39, 0.29) is 19.2 Å². The second-order valence-corrected chi connectivity index (χ2v) is 5.00. The van der Waals surface area contributed by atoms with Crippen LogP contribution in [0.5, 0.6) is 0 Å². The molecular formula is C12H23N3O4. The van der Waals surface area contributed by atoms with Crippen LogP contribution in [-0.4, -0.2) is 68.4 Å². The minimum atomic E-state index is -0.936. The number of aliphatic carboxylic acids is 1. The normalized spacial score (nSPS) is 22.5. The number of carbonyl (C=O) groups is 2. The largest absolute Gasteiger partial charge is 0.481 e. The van der Waals surface area contributed by atoms with Crippen molar-refractivity contribution >= 4 is 12.0 Å². The highest BCUT2D eigenvalue weighted by molar-refractivity contribution is 5.77. The van der Waals surface area contributed by atoms with Gasteiger partial charge in [-0.25, -0.2) is 4.79 Å². The van der Waals surface area contributed by atoms with E-state index in [1.165, 1.54) is 0 Å². The van der Waals surface area contributed by atoms with Gasteiger partial charge in [-0.3, -0.25) is 4.79 Å². The van der Waals surface area contributed by atoms with E-state index in [9.17, 15) is 9.59 Å². The van der Waals surface area contributed by atoms with E-state index in [2.05, 4.69) is 15.5 Å². The lowest BCUT2D eigenvalue weighted by atomic mass is 10.0. The fourth-order valence-electron chi connectivity index (χ4n) is 1.91. The zero-order chi connectivity index (χ0) is 14.3. The number of carboxylic acids is 1. The first-order chi connectivity index (χ1) is 9.00. The third-order valence-electron chi connectivity index (χ3n) is 3.03. The summed E-state index contributed by atoms with van der Waals surface area (Å²) in [4.78, 5) is 24.6. The minimum Gasteiger partial charge on any atom is -0.481 e. The molecule has 1 saturated heterocycles. The van der Waals surface area contributed by atoms with Gasteiger partial charge < -0.3 is 25.4 Å². The highest BCUT2D eigenvalue weighted by atomic mass is 16.5. The Morgan fingerprint density at radius 3 is 2.68 bits per heavy atom. The number of hydrogen-bond donors (Lipinski definition) is 3. The molecule has 3 N–H and O–H groups in total. The molecule has 1 aliphatic rings. The van der Waals surface area contributed by atoms with Gasteiger partial charge in [-0.2, -0.15) is 0 Å². The van der Waals surface area contributed by atoms with E-state index in [0.29, 0.717) is 6.54 Å². The van der Waals surface area contributed by atoms with Gasteiger partial charge in [0.1, 0.15) is 5.92 Å². The van der Waals surface area contributed by atoms with Crippen LogP contribution in [0.25, 0.3) is 0 Å². The van der Waals surface area contributed by atoms with Crippen LogP contribution >= 0.6 is 0 Å². The van der Waals surface area contributed by atoms with Gasteiger partial charge in [0.15, 0.2) is 0 Å². The molecule has 0 aromatic rings. The topological polar surface area (TPSA) is 90.9 Å². The molecule has 1 fully saturated rings. The number of carbonyl (C=O) groups excluding carboxylic acids is 1. The summed E-state index contributed by atoms with van der Waals surface area (Å²) in [5.41, 5.74) is 0. The molecule has 7 heteroatoms. The zero-order valence-corrected chi connectivity index (χ0v) is 11.5. The molecule has 0 spiro atoms. The van der Waals surface area contributed by atoms with E-state index >= 15 is 0 Å². The molecule has 0 bridgehead atoms. The van der Waals surface area contributed by atoms with Gasteiger partial charge >= 0.3 is 12.0 Å². The first kappa shape index (κ1) is 15.7. The molecule has 2 amide bonds. The second kappa shape index (κ2) is 7.96. The number of unbranched alkanes of at least 4 members (excludes halogenated alkanes) is 1. The summed E-state index contributed by atoms with van der Waals surface area (Å²) in [7, 11) is 4.01. The average Bonchev–Trinajstić information content (AvgIpc) is 2.76. The Labute approximate surface area is 113 Å². The Hall–Kier alpha value is -1.34. The quantitative estimate of drug-likeness (QED) is 0.555. The summed E-state index contributed by atoms with van der Waals surface area (Å²) in [5.74, 6) is -1.59. The van der Waals surface area contributed by atoms with Crippen molar-refractivity contribution < 1.29 is 19.4 Å². The summed E-state index contributed by atoms with van der Waals surface area (Å²) >= 11 is 0. The molecule has 1 rings (SSSR count). The van der Waals surface area contributed by atoms with Gasteiger partial charge in [0, 0.05) is 6.54 Å². The number of rotatable bonds is 7. The van der Waals surface area contributed by atoms with Crippen LogP contribution in [0.2, 0.25) is 0 Å². The molecule has 0 saturated carbocycles. The lowest BCUT2D eigenvalue weighted by molar-refractivity contribution is -0.142. The fraction of sp³-hybridized carbons (Fsp3) is 0.833. The van der Waals surface area contributed by atoms with Crippen LogP contribution in [0.3, 0.4) is 0 Å². The molecule has 0 aromatic heterocycles. The van der Waals surface area contributed by atoms with E-state index in [1.54, 1.807) is 0 Å². The van der Waals surface area contributed by atoms with Crippen LogP contribution in [-0.2, 0) is 9.53 Å². The SMILES string of the molecule is CN(C)CCCCNC(=O)NC1COCC1C(=O)O. The number of urea groups is 1. The molecule has 0 aliphatic carbocycles. The number of ether oxygens (including phenoxy) is 1. The first-order valence-electron chi connectivity index (χ1n) is 6.50. The highest BCUT2D eigenvalue weighted by Gasteiger charge is 2.34. The number of amides is 2. The Kier molecular flexibility index (Phi) is 6.58. The van der Waals surface area contributed by atoms with Crippen molar-refractivity contribution in [1.29, 1.82) is 0 Å². The van der Waals surface area contributed by atoms with E-state index in [1.807, 2.05) is 14.1 Å². The van der Waals surface area contributed by atoms with Gasteiger partial charge in [0.2, 0.25) is 0 Å². The maximum atomic E-state index is 11.6. The average molecular weight is 273 g/mol. The number of hydrogen-bond acceptors (Lipinski definition) is 4. The molecule has 2 atom stereocenters. The number of carboxylic acid groups (broad SMARTS) is 1. The predicted octanol–water partition coefficient (Wildman–Crippen LogP) is -0.273. The third kappa shape index (κ3) is 5.89. The molecule has 0 aromatic carbocycles.